The van der Waals surface area contributed by atoms with Crippen LogP contribution in [0.4, 0.5) is 4.39 Å². The zero-order valence-corrected chi connectivity index (χ0v) is 11.5. The van der Waals surface area contributed by atoms with Gasteiger partial charge in [0.2, 0.25) is 5.89 Å². The Bertz CT molecular complexity index is 536. The fourth-order valence-electron chi connectivity index (χ4n) is 1.58. The second-order valence-corrected chi connectivity index (χ2v) is 4.92. The topological polar surface area (TPSA) is 51.0 Å². The van der Waals surface area contributed by atoms with E-state index in [1.54, 1.807) is 12.1 Å². The van der Waals surface area contributed by atoms with Gasteiger partial charge in [0.15, 0.2) is 5.82 Å². The summed E-state index contributed by atoms with van der Waals surface area (Å²) in [7, 11) is 0. The van der Waals surface area contributed by atoms with Gasteiger partial charge in [0.05, 0.1) is 13.0 Å². The van der Waals surface area contributed by atoms with Crippen molar-refractivity contribution in [1.82, 2.24) is 15.5 Å². The van der Waals surface area contributed by atoms with Crippen LogP contribution in [0.5, 0.6) is 0 Å². The molecule has 2 rings (SSSR count). The van der Waals surface area contributed by atoms with E-state index in [9.17, 15) is 4.39 Å². The van der Waals surface area contributed by atoms with Crippen molar-refractivity contribution in [3.8, 4) is 0 Å². The minimum absolute atomic E-state index is 0.195. The Morgan fingerprint density at radius 1 is 1.42 bits per heavy atom. The van der Waals surface area contributed by atoms with Crippen LogP contribution in [0.15, 0.2) is 22.7 Å². The minimum Gasteiger partial charge on any atom is -0.339 e. The summed E-state index contributed by atoms with van der Waals surface area (Å²) in [6.45, 7) is 4.58. The fraction of sp³-hybridized carbons (Fsp3) is 0.385. The van der Waals surface area contributed by atoms with E-state index in [0.29, 0.717) is 34.9 Å². The molecule has 0 aliphatic heterocycles. The summed E-state index contributed by atoms with van der Waals surface area (Å²) in [4.78, 5) is 4.19. The summed E-state index contributed by atoms with van der Waals surface area (Å²) < 4.78 is 18.7. The molecule has 1 N–H and O–H groups in total. The van der Waals surface area contributed by atoms with Crippen molar-refractivity contribution in [2.24, 2.45) is 0 Å². The van der Waals surface area contributed by atoms with Crippen LogP contribution >= 0.6 is 11.6 Å². The molecule has 0 saturated carbocycles. The van der Waals surface area contributed by atoms with Crippen molar-refractivity contribution in [3.63, 3.8) is 0 Å². The van der Waals surface area contributed by atoms with Crippen LogP contribution in [0, 0.1) is 5.82 Å². The van der Waals surface area contributed by atoms with E-state index >= 15 is 0 Å². The summed E-state index contributed by atoms with van der Waals surface area (Å²) in [5, 5.41) is 7.37. The Balaban J connectivity index is 2.07. The van der Waals surface area contributed by atoms with Gasteiger partial charge in [-0.2, -0.15) is 4.98 Å². The molecule has 0 atom stereocenters. The number of hydrogen-bond donors (Lipinski definition) is 1. The predicted octanol–water partition coefficient (Wildman–Crippen LogP) is 2.95. The number of benzene rings is 1. The number of hydrogen-bond acceptors (Lipinski definition) is 4. The molecule has 0 unspecified atom stereocenters. The van der Waals surface area contributed by atoms with Gasteiger partial charge in [-0.1, -0.05) is 36.7 Å². The molecule has 0 radical (unpaired) electrons. The molecule has 1 aromatic carbocycles. The van der Waals surface area contributed by atoms with E-state index in [1.165, 1.54) is 6.07 Å². The lowest BCUT2D eigenvalue weighted by atomic mass is 10.1. The molecule has 0 bridgehead atoms. The molecular formula is C13H15ClFN3O. The molecule has 6 heteroatoms. The molecule has 0 spiro atoms. The standard InChI is InChI=1S/C13H15ClFN3O/c1-8(2)16-7-12-17-13(19-18-12)6-9-10(14)4-3-5-11(9)15/h3-5,8,16H,6-7H2,1-2H3. The highest BCUT2D eigenvalue weighted by Gasteiger charge is 2.13. The number of halogens is 2. The Morgan fingerprint density at radius 2 is 2.21 bits per heavy atom. The first kappa shape index (κ1) is 14.0. The van der Waals surface area contributed by atoms with Crippen LogP contribution in [0.1, 0.15) is 31.1 Å². The van der Waals surface area contributed by atoms with Crippen molar-refractivity contribution < 1.29 is 8.91 Å². The van der Waals surface area contributed by atoms with Crippen molar-refractivity contribution in [1.29, 1.82) is 0 Å². The third kappa shape index (κ3) is 3.75. The second kappa shape index (κ2) is 6.12. The molecule has 19 heavy (non-hydrogen) atoms. The zero-order chi connectivity index (χ0) is 13.8. The predicted molar refractivity (Wildman–Crippen MR) is 70.5 cm³/mol. The van der Waals surface area contributed by atoms with E-state index in [2.05, 4.69) is 15.5 Å². The molecule has 0 aliphatic rings. The zero-order valence-electron chi connectivity index (χ0n) is 10.8. The lowest BCUT2D eigenvalue weighted by Crippen LogP contribution is -2.22. The van der Waals surface area contributed by atoms with Crippen LogP contribution in [0.3, 0.4) is 0 Å². The average molecular weight is 284 g/mol. The highest BCUT2D eigenvalue weighted by molar-refractivity contribution is 6.31. The molecule has 0 amide bonds. The molecule has 0 saturated heterocycles. The van der Waals surface area contributed by atoms with Gasteiger partial charge >= 0.3 is 0 Å². The van der Waals surface area contributed by atoms with Gasteiger partial charge in [-0.3, -0.25) is 0 Å². The van der Waals surface area contributed by atoms with Crippen molar-refractivity contribution in [2.75, 3.05) is 0 Å². The van der Waals surface area contributed by atoms with Crippen LogP contribution in [0.2, 0.25) is 5.02 Å². The van der Waals surface area contributed by atoms with Crippen LogP contribution < -0.4 is 5.32 Å². The fourth-order valence-corrected chi connectivity index (χ4v) is 1.81. The third-order valence-electron chi connectivity index (χ3n) is 2.57. The first-order chi connectivity index (χ1) is 9.06. The summed E-state index contributed by atoms with van der Waals surface area (Å²) in [5.74, 6) is 0.538. The first-order valence-corrected chi connectivity index (χ1v) is 6.42. The maximum absolute atomic E-state index is 13.6. The number of aromatic nitrogens is 2. The normalized spacial score (nSPS) is 11.2. The van der Waals surface area contributed by atoms with Gasteiger partial charge in [0, 0.05) is 16.6 Å². The monoisotopic (exact) mass is 283 g/mol. The van der Waals surface area contributed by atoms with Crippen LogP contribution in [-0.4, -0.2) is 16.2 Å². The van der Waals surface area contributed by atoms with E-state index in [4.69, 9.17) is 16.1 Å². The van der Waals surface area contributed by atoms with Crippen molar-refractivity contribution in [3.05, 3.63) is 46.3 Å². The number of nitrogens with zero attached hydrogens (tertiary/aromatic N) is 2. The van der Waals surface area contributed by atoms with Gasteiger partial charge in [-0.05, 0) is 12.1 Å². The van der Waals surface area contributed by atoms with E-state index in [0.717, 1.165) is 0 Å². The highest BCUT2D eigenvalue weighted by atomic mass is 35.5. The number of rotatable bonds is 5. The molecule has 2 aromatic rings. The smallest absolute Gasteiger partial charge is 0.231 e. The molecule has 0 fully saturated rings. The largest absolute Gasteiger partial charge is 0.339 e. The van der Waals surface area contributed by atoms with Gasteiger partial charge in [-0.15, -0.1) is 0 Å². The minimum atomic E-state index is -0.368. The maximum atomic E-state index is 13.6. The molecular weight excluding hydrogens is 269 g/mol. The Labute approximate surface area is 116 Å². The highest BCUT2D eigenvalue weighted by Crippen LogP contribution is 2.21. The van der Waals surface area contributed by atoms with Gasteiger partial charge < -0.3 is 9.84 Å². The molecule has 4 nitrogen and oxygen atoms in total. The average Bonchev–Trinajstić information content (AvgIpc) is 2.79. The van der Waals surface area contributed by atoms with Crippen molar-refractivity contribution >= 4 is 11.6 Å². The summed E-state index contributed by atoms with van der Waals surface area (Å²) in [6.07, 6.45) is 0.195. The lowest BCUT2D eigenvalue weighted by Gasteiger charge is -2.03. The quantitative estimate of drug-likeness (QED) is 0.917. The third-order valence-corrected chi connectivity index (χ3v) is 2.92. The second-order valence-electron chi connectivity index (χ2n) is 4.52. The van der Waals surface area contributed by atoms with Gasteiger partial charge in [0.1, 0.15) is 5.82 Å². The van der Waals surface area contributed by atoms with E-state index in [1.807, 2.05) is 13.8 Å². The van der Waals surface area contributed by atoms with E-state index < -0.39 is 0 Å². The molecule has 102 valence electrons. The van der Waals surface area contributed by atoms with Crippen LogP contribution in [-0.2, 0) is 13.0 Å². The van der Waals surface area contributed by atoms with Gasteiger partial charge in [0.25, 0.3) is 0 Å². The van der Waals surface area contributed by atoms with E-state index in [-0.39, 0.29) is 12.2 Å². The maximum Gasteiger partial charge on any atom is 0.231 e. The molecule has 0 aliphatic carbocycles. The van der Waals surface area contributed by atoms with Gasteiger partial charge in [-0.25, -0.2) is 4.39 Å². The number of nitrogens with one attached hydrogen (secondary N) is 1. The lowest BCUT2D eigenvalue weighted by molar-refractivity contribution is 0.375. The van der Waals surface area contributed by atoms with Crippen molar-refractivity contribution in [2.45, 2.75) is 32.9 Å². The summed E-state index contributed by atoms with van der Waals surface area (Å²) >= 11 is 5.95. The Morgan fingerprint density at radius 3 is 2.89 bits per heavy atom. The molecule has 1 heterocycles. The molecule has 1 aromatic heterocycles. The van der Waals surface area contributed by atoms with Crippen LogP contribution in [0.25, 0.3) is 0 Å². The first-order valence-electron chi connectivity index (χ1n) is 6.04. The SMILES string of the molecule is CC(C)NCc1noc(Cc2c(F)cccc2Cl)n1. The Hall–Kier alpha value is -1.46. The summed E-state index contributed by atoms with van der Waals surface area (Å²) in [6, 6.07) is 4.89. The Kier molecular flexibility index (Phi) is 4.50. The summed E-state index contributed by atoms with van der Waals surface area (Å²) in [5.41, 5.74) is 0.371.